The first-order chi connectivity index (χ1) is 6.36. The first-order valence-electron chi connectivity index (χ1n) is 4.85. The highest BCUT2D eigenvalue weighted by Crippen LogP contribution is 2.25. The van der Waals surface area contributed by atoms with Crippen molar-refractivity contribution < 1.29 is 14.6 Å². The molecule has 3 nitrogen and oxygen atoms in total. The van der Waals surface area contributed by atoms with Gasteiger partial charge in [-0.15, -0.1) is 0 Å². The minimum absolute atomic E-state index is 0.268. The van der Waals surface area contributed by atoms with E-state index in [1.165, 1.54) is 12.8 Å². The molecule has 2 aliphatic rings. The summed E-state index contributed by atoms with van der Waals surface area (Å²) < 4.78 is 10.7. The molecular formula is C9H16O3S. The summed E-state index contributed by atoms with van der Waals surface area (Å²) >= 11 is 1.79. The summed E-state index contributed by atoms with van der Waals surface area (Å²) in [6, 6.07) is 0. The topological polar surface area (TPSA) is 38.7 Å². The van der Waals surface area contributed by atoms with Crippen LogP contribution < -0.4 is 0 Å². The van der Waals surface area contributed by atoms with Gasteiger partial charge in [-0.05, 0) is 12.8 Å². The smallest absolute Gasteiger partial charge is 0.0914 e. The van der Waals surface area contributed by atoms with Crippen LogP contribution in [-0.2, 0) is 9.47 Å². The summed E-state index contributed by atoms with van der Waals surface area (Å²) in [7, 11) is 0. The molecule has 0 aliphatic carbocycles. The van der Waals surface area contributed by atoms with Gasteiger partial charge in [-0.25, -0.2) is 0 Å². The largest absolute Gasteiger partial charge is 0.389 e. The maximum absolute atomic E-state index is 9.48. The lowest BCUT2D eigenvalue weighted by Crippen LogP contribution is -2.22. The van der Waals surface area contributed by atoms with Crippen LogP contribution in [-0.4, -0.2) is 48.1 Å². The number of ether oxygens (including phenoxy) is 2. The molecule has 0 saturated carbocycles. The second-order valence-electron chi connectivity index (χ2n) is 3.61. The zero-order valence-corrected chi connectivity index (χ0v) is 8.46. The molecule has 2 rings (SSSR count). The van der Waals surface area contributed by atoms with Crippen LogP contribution in [0.1, 0.15) is 12.8 Å². The van der Waals surface area contributed by atoms with Crippen molar-refractivity contribution in [1.82, 2.24) is 0 Å². The molecular weight excluding hydrogens is 188 g/mol. The van der Waals surface area contributed by atoms with Gasteiger partial charge in [0, 0.05) is 12.4 Å². The lowest BCUT2D eigenvalue weighted by molar-refractivity contribution is 0.126. The molecule has 3 atom stereocenters. The molecule has 2 heterocycles. The van der Waals surface area contributed by atoms with Crippen LogP contribution in [0.2, 0.25) is 0 Å². The van der Waals surface area contributed by atoms with E-state index in [4.69, 9.17) is 9.47 Å². The number of hydrogen-bond donors (Lipinski definition) is 1. The van der Waals surface area contributed by atoms with E-state index in [2.05, 4.69) is 0 Å². The molecule has 13 heavy (non-hydrogen) atoms. The normalized spacial score (nSPS) is 39.9. The van der Waals surface area contributed by atoms with Crippen molar-refractivity contribution in [2.24, 2.45) is 0 Å². The number of rotatable bonds is 3. The van der Waals surface area contributed by atoms with Gasteiger partial charge >= 0.3 is 0 Å². The van der Waals surface area contributed by atoms with Gasteiger partial charge in [0.15, 0.2) is 0 Å². The lowest BCUT2D eigenvalue weighted by Gasteiger charge is -2.14. The van der Waals surface area contributed by atoms with E-state index >= 15 is 0 Å². The molecule has 0 aromatic heterocycles. The van der Waals surface area contributed by atoms with Crippen LogP contribution in [0.5, 0.6) is 0 Å². The number of hydrogen-bond acceptors (Lipinski definition) is 4. The first kappa shape index (κ1) is 9.77. The Bertz CT molecular complexity index is 159. The second kappa shape index (κ2) is 4.64. The zero-order valence-electron chi connectivity index (χ0n) is 7.65. The van der Waals surface area contributed by atoms with Gasteiger partial charge in [0.1, 0.15) is 0 Å². The fourth-order valence-corrected chi connectivity index (χ4v) is 2.91. The number of aliphatic hydroxyl groups is 1. The molecule has 4 heteroatoms. The summed E-state index contributed by atoms with van der Waals surface area (Å²) in [6.07, 6.45) is 2.51. The molecule has 2 aliphatic heterocycles. The molecule has 0 bridgehead atoms. The predicted molar refractivity (Wildman–Crippen MR) is 52.0 cm³/mol. The average Bonchev–Trinajstić information content (AvgIpc) is 2.72. The Balaban J connectivity index is 1.66. The van der Waals surface area contributed by atoms with E-state index in [1.807, 2.05) is 0 Å². The molecule has 0 spiro atoms. The van der Waals surface area contributed by atoms with Crippen LogP contribution in [0.15, 0.2) is 0 Å². The molecule has 0 radical (unpaired) electrons. The van der Waals surface area contributed by atoms with Gasteiger partial charge in [-0.1, -0.05) is 0 Å². The van der Waals surface area contributed by atoms with Crippen LogP contribution in [0, 0.1) is 0 Å². The summed E-state index contributed by atoms with van der Waals surface area (Å²) in [5.74, 6) is 1.01. The predicted octanol–water partition coefficient (Wildman–Crippen LogP) is 0.658. The SMILES string of the molecule is OC1COCC1SCC1CCCO1. The third kappa shape index (κ3) is 2.59. The molecule has 0 aromatic rings. The number of aliphatic hydroxyl groups excluding tert-OH is 1. The summed E-state index contributed by atoms with van der Waals surface area (Å²) in [5.41, 5.74) is 0. The van der Waals surface area contributed by atoms with Crippen molar-refractivity contribution in [3.8, 4) is 0 Å². The average molecular weight is 204 g/mol. The van der Waals surface area contributed by atoms with Gasteiger partial charge in [0.25, 0.3) is 0 Å². The Morgan fingerprint density at radius 3 is 2.92 bits per heavy atom. The first-order valence-corrected chi connectivity index (χ1v) is 5.90. The van der Waals surface area contributed by atoms with E-state index < -0.39 is 0 Å². The van der Waals surface area contributed by atoms with Gasteiger partial charge in [0.05, 0.1) is 30.7 Å². The van der Waals surface area contributed by atoms with E-state index in [0.29, 0.717) is 19.3 Å². The van der Waals surface area contributed by atoms with Crippen molar-refractivity contribution in [1.29, 1.82) is 0 Å². The maximum atomic E-state index is 9.48. The summed E-state index contributed by atoms with van der Waals surface area (Å²) in [5, 5.41) is 9.74. The van der Waals surface area contributed by atoms with Crippen LogP contribution in [0.3, 0.4) is 0 Å². The number of thioether (sulfide) groups is 1. The van der Waals surface area contributed by atoms with Crippen molar-refractivity contribution >= 4 is 11.8 Å². The van der Waals surface area contributed by atoms with E-state index in [1.54, 1.807) is 11.8 Å². The molecule has 1 N–H and O–H groups in total. The fraction of sp³-hybridized carbons (Fsp3) is 1.00. The van der Waals surface area contributed by atoms with Gasteiger partial charge in [-0.3, -0.25) is 0 Å². The zero-order chi connectivity index (χ0) is 9.10. The third-order valence-electron chi connectivity index (χ3n) is 2.52. The van der Waals surface area contributed by atoms with E-state index in [9.17, 15) is 5.11 Å². The Kier molecular flexibility index (Phi) is 3.49. The standard InChI is InChI=1S/C9H16O3S/c10-8-4-11-5-9(8)13-6-7-2-1-3-12-7/h7-10H,1-6H2. The molecule has 0 amide bonds. The molecule has 3 unspecified atom stereocenters. The Morgan fingerprint density at radius 1 is 1.38 bits per heavy atom. The van der Waals surface area contributed by atoms with Gasteiger partial charge < -0.3 is 14.6 Å². The monoisotopic (exact) mass is 204 g/mol. The van der Waals surface area contributed by atoms with Crippen molar-refractivity contribution in [2.75, 3.05) is 25.6 Å². The van der Waals surface area contributed by atoms with Crippen molar-refractivity contribution in [3.05, 3.63) is 0 Å². The summed E-state index contributed by atoms with van der Waals surface area (Å²) in [6.45, 7) is 2.11. The van der Waals surface area contributed by atoms with Crippen molar-refractivity contribution in [3.63, 3.8) is 0 Å². The lowest BCUT2D eigenvalue weighted by atomic mass is 10.3. The Morgan fingerprint density at radius 2 is 2.31 bits per heavy atom. The summed E-state index contributed by atoms with van der Waals surface area (Å²) in [4.78, 5) is 0. The molecule has 76 valence electrons. The van der Waals surface area contributed by atoms with Crippen LogP contribution in [0.25, 0.3) is 0 Å². The Labute approximate surface area is 82.8 Å². The molecule has 2 fully saturated rings. The third-order valence-corrected chi connectivity index (χ3v) is 3.96. The minimum atomic E-state index is -0.272. The Hall–Kier alpha value is 0.230. The maximum Gasteiger partial charge on any atom is 0.0914 e. The van der Waals surface area contributed by atoms with Crippen LogP contribution in [0.4, 0.5) is 0 Å². The van der Waals surface area contributed by atoms with Crippen molar-refractivity contribution in [2.45, 2.75) is 30.3 Å². The quantitative estimate of drug-likeness (QED) is 0.733. The molecule has 2 saturated heterocycles. The van der Waals surface area contributed by atoms with Gasteiger partial charge in [0.2, 0.25) is 0 Å². The van der Waals surface area contributed by atoms with Gasteiger partial charge in [-0.2, -0.15) is 11.8 Å². The minimum Gasteiger partial charge on any atom is -0.389 e. The fourth-order valence-electron chi connectivity index (χ4n) is 1.69. The van der Waals surface area contributed by atoms with E-state index in [0.717, 1.165) is 12.4 Å². The highest BCUT2D eigenvalue weighted by atomic mass is 32.2. The van der Waals surface area contributed by atoms with E-state index in [-0.39, 0.29) is 11.4 Å². The second-order valence-corrected chi connectivity index (χ2v) is 4.88. The highest BCUT2D eigenvalue weighted by Gasteiger charge is 2.28. The highest BCUT2D eigenvalue weighted by molar-refractivity contribution is 8.00. The van der Waals surface area contributed by atoms with Crippen LogP contribution >= 0.6 is 11.8 Å². The molecule has 0 aromatic carbocycles.